The van der Waals surface area contributed by atoms with Crippen LogP contribution in [0.5, 0.6) is 0 Å². The average Bonchev–Trinajstić information content (AvgIpc) is 2.00. The van der Waals surface area contributed by atoms with E-state index in [1.165, 1.54) is 12.3 Å². The quantitative estimate of drug-likeness (QED) is 0.763. The van der Waals surface area contributed by atoms with Crippen molar-refractivity contribution in [2.75, 3.05) is 6.26 Å². The molecule has 0 bridgehead atoms. The van der Waals surface area contributed by atoms with Crippen LogP contribution in [-0.2, 0) is 15.3 Å². The van der Waals surface area contributed by atoms with Crippen LogP contribution in [-0.4, -0.2) is 14.7 Å². The molecule has 1 aromatic rings. The van der Waals surface area contributed by atoms with Crippen LogP contribution < -0.4 is 0 Å². The zero-order chi connectivity index (χ0) is 11.9. The molecular weight excluding hydrogens is 232 g/mol. The minimum atomic E-state index is -3.22. The second-order valence-electron chi connectivity index (χ2n) is 4.66. The van der Waals surface area contributed by atoms with Crippen LogP contribution in [0.25, 0.3) is 0 Å². The molecule has 1 aromatic carbocycles. The fourth-order valence-electron chi connectivity index (χ4n) is 1.42. The molecule has 0 N–H and O–H groups in total. The third-order valence-corrected chi connectivity index (χ3v) is 3.52. The summed E-state index contributed by atoms with van der Waals surface area (Å²) in [7, 11) is -3.22. The van der Waals surface area contributed by atoms with E-state index in [1.54, 1.807) is 12.1 Å². The largest absolute Gasteiger partial charge is 0.224 e. The predicted molar refractivity (Wildman–Crippen MR) is 63.3 cm³/mol. The summed E-state index contributed by atoms with van der Waals surface area (Å²) in [5.41, 5.74) is 0.595. The Kier molecular flexibility index (Phi) is 3.17. The number of hydrogen-bond acceptors (Lipinski definition) is 2. The van der Waals surface area contributed by atoms with E-state index < -0.39 is 9.84 Å². The molecule has 0 atom stereocenters. The fourth-order valence-corrected chi connectivity index (χ4v) is 2.77. The van der Waals surface area contributed by atoms with Crippen molar-refractivity contribution in [2.45, 2.75) is 31.1 Å². The summed E-state index contributed by atoms with van der Waals surface area (Å²) >= 11 is 5.81. The summed E-state index contributed by atoms with van der Waals surface area (Å²) < 4.78 is 23.2. The molecule has 2 nitrogen and oxygen atoms in total. The Labute approximate surface area is 96.2 Å². The average molecular weight is 247 g/mol. The van der Waals surface area contributed by atoms with Gasteiger partial charge < -0.3 is 0 Å². The molecule has 0 saturated carbocycles. The SMILES string of the molecule is CC(C)(C)c1ccc(Cl)cc1S(C)(=O)=O. The van der Waals surface area contributed by atoms with Gasteiger partial charge in [0.15, 0.2) is 9.84 Å². The lowest BCUT2D eigenvalue weighted by atomic mass is 9.87. The maximum absolute atomic E-state index is 11.6. The monoisotopic (exact) mass is 246 g/mol. The van der Waals surface area contributed by atoms with Crippen LogP contribution in [0.1, 0.15) is 26.3 Å². The van der Waals surface area contributed by atoms with E-state index >= 15 is 0 Å². The topological polar surface area (TPSA) is 34.1 Å². The number of halogens is 1. The third kappa shape index (κ3) is 2.95. The molecule has 0 aliphatic rings. The molecule has 0 saturated heterocycles. The number of benzene rings is 1. The lowest BCUT2D eigenvalue weighted by molar-refractivity contribution is 0.563. The molecule has 84 valence electrons. The smallest absolute Gasteiger partial charge is 0.175 e. The van der Waals surface area contributed by atoms with Crippen molar-refractivity contribution < 1.29 is 8.42 Å². The first-order chi connectivity index (χ1) is 6.62. The third-order valence-electron chi connectivity index (χ3n) is 2.15. The van der Waals surface area contributed by atoms with Gasteiger partial charge in [0.25, 0.3) is 0 Å². The molecule has 0 spiro atoms. The minimum absolute atomic E-state index is 0.205. The lowest BCUT2D eigenvalue weighted by Gasteiger charge is -2.22. The van der Waals surface area contributed by atoms with Crippen LogP contribution in [0, 0.1) is 0 Å². The van der Waals surface area contributed by atoms with Crippen molar-refractivity contribution in [3.63, 3.8) is 0 Å². The highest BCUT2D eigenvalue weighted by atomic mass is 35.5. The molecule has 0 aliphatic carbocycles. The number of sulfone groups is 1. The van der Waals surface area contributed by atoms with Crippen LogP contribution in [0.3, 0.4) is 0 Å². The van der Waals surface area contributed by atoms with Crippen LogP contribution >= 0.6 is 11.6 Å². The van der Waals surface area contributed by atoms with Gasteiger partial charge >= 0.3 is 0 Å². The first-order valence-electron chi connectivity index (χ1n) is 4.62. The highest BCUT2D eigenvalue weighted by molar-refractivity contribution is 7.90. The number of hydrogen-bond donors (Lipinski definition) is 0. The van der Waals surface area contributed by atoms with Crippen molar-refractivity contribution in [3.8, 4) is 0 Å². The summed E-state index contributed by atoms with van der Waals surface area (Å²) in [6, 6.07) is 5.01. The maximum atomic E-state index is 11.6. The summed E-state index contributed by atoms with van der Waals surface area (Å²) in [5, 5.41) is 0.448. The van der Waals surface area contributed by atoms with Gasteiger partial charge in [-0.25, -0.2) is 8.42 Å². The fraction of sp³-hybridized carbons (Fsp3) is 0.455. The molecule has 1 rings (SSSR count). The Hall–Kier alpha value is -0.540. The second kappa shape index (κ2) is 3.80. The molecule has 0 radical (unpaired) electrons. The highest BCUT2D eigenvalue weighted by Gasteiger charge is 2.22. The van der Waals surface area contributed by atoms with E-state index in [0.717, 1.165) is 5.56 Å². The predicted octanol–water partition coefficient (Wildman–Crippen LogP) is 3.04. The van der Waals surface area contributed by atoms with Crippen molar-refractivity contribution in [3.05, 3.63) is 28.8 Å². The summed E-state index contributed by atoms with van der Waals surface area (Å²) in [6.07, 6.45) is 1.20. The van der Waals surface area contributed by atoms with Crippen molar-refractivity contribution >= 4 is 21.4 Å². The van der Waals surface area contributed by atoms with Gasteiger partial charge in [0.2, 0.25) is 0 Å². The van der Waals surface area contributed by atoms with Gasteiger partial charge in [-0.15, -0.1) is 0 Å². The van der Waals surface area contributed by atoms with Crippen LogP contribution in [0.2, 0.25) is 5.02 Å². The Bertz CT molecular complexity index is 470. The van der Waals surface area contributed by atoms with E-state index in [2.05, 4.69) is 0 Å². The summed E-state index contributed by atoms with van der Waals surface area (Å²) in [6.45, 7) is 5.93. The van der Waals surface area contributed by atoms with Gasteiger partial charge in [0, 0.05) is 11.3 Å². The van der Waals surface area contributed by atoms with Crippen LogP contribution in [0.15, 0.2) is 23.1 Å². The second-order valence-corrected chi connectivity index (χ2v) is 7.08. The van der Waals surface area contributed by atoms with E-state index in [1.807, 2.05) is 20.8 Å². The van der Waals surface area contributed by atoms with Gasteiger partial charge in [-0.2, -0.15) is 0 Å². The first-order valence-corrected chi connectivity index (χ1v) is 6.89. The van der Waals surface area contributed by atoms with Gasteiger partial charge in [-0.05, 0) is 23.1 Å². The zero-order valence-electron chi connectivity index (χ0n) is 9.33. The van der Waals surface area contributed by atoms with Gasteiger partial charge in [0.1, 0.15) is 0 Å². The molecular formula is C11H15ClO2S. The highest BCUT2D eigenvalue weighted by Crippen LogP contribution is 2.30. The van der Waals surface area contributed by atoms with E-state index in [9.17, 15) is 8.42 Å². The molecule has 0 fully saturated rings. The molecule has 0 heterocycles. The Morgan fingerprint density at radius 1 is 1.20 bits per heavy atom. The van der Waals surface area contributed by atoms with Gasteiger partial charge in [-0.1, -0.05) is 38.4 Å². The normalized spacial score (nSPS) is 12.9. The summed E-state index contributed by atoms with van der Waals surface area (Å²) in [4.78, 5) is 0.322. The molecule has 4 heteroatoms. The molecule has 0 amide bonds. The van der Waals surface area contributed by atoms with Crippen molar-refractivity contribution in [2.24, 2.45) is 0 Å². The zero-order valence-corrected chi connectivity index (χ0v) is 10.9. The van der Waals surface area contributed by atoms with E-state index in [0.29, 0.717) is 9.92 Å². The van der Waals surface area contributed by atoms with E-state index in [-0.39, 0.29) is 5.41 Å². The standard InChI is InChI=1S/C11H15ClO2S/c1-11(2,3)9-6-5-8(12)7-10(9)15(4,13)14/h5-7H,1-4H3. The van der Waals surface area contributed by atoms with Crippen molar-refractivity contribution in [1.82, 2.24) is 0 Å². The lowest BCUT2D eigenvalue weighted by Crippen LogP contribution is -2.16. The Balaban J connectivity index is 3.55. The van der Waals surface area contributed by atoms with Crippen molar-refractivity contribution in [1.29, 1.82) is 0 Å². The maximum Gasteiger partial charge on any atom is 0.175 e. The summed E-state index contributed by atoms with van der Waals surface area (Å²) in [5.74, 6) is 0. The molecule has 15 heavy (non-hydrogen) atoms. The molecule has 0 aromatic heterocycles. The number of rotatable bonds is 1. The van der Waals surface area contributed by atoms with Gasteiger partial charge in [-0.3, -0.25) is 0 Å². The minimum Gasteiger partial charge on any atom is -0.224 e. The molecule has 0 unspecified atom stereocenters. The van der Waals surface area contributed by atoms with Gasteiger partial charge in [0.05, 0.1) is 4.90 Å². The van der Waals surface area contributed by atoms with Crippen LogP contribution in [0.4, 0.5) is 0 Å². The van der Waals surface area contributed by atoms with E-state index in [4.69, 9.17) is 11.6 Å². The molecule has 0 aliphatic heterocycles. The first kappa shape index (κ1) is 12.5. The Morgan fingerprint density at radius 3 is 2.13 bits per heavy atom. The Morgan fingerprint density at radius 2 is 1.73 bits per heavy atom.